The van der Waals surface area contributed by atoms with Crippen LogP contribution in [-0.2, 0) is 11.8 Å². The first-order valence-corrected chi connectivity index (χ1v) is 8.51. The number of piperidine rings is 1. The zero-order valence-electron chi connectivity index (χ0n) is 14.5. The highest BCUT2D eigenvalue weighted by atomic mass is 16.5. The van der Waals surface area contributed by atoms with Gasteiger partial charge in [-0.15, -0.1) is 6.42 Å². The Kier molecular flexibility index (Phi) is 3.60. The fraction of sp³-hybridized carbons (Fsp3) is 0.588. The highest BCUT2D eigenvalue weighted by Crippen LogP contribution is 2.41. The predicted octanol–water partition coefficient (Wildman–Crippen LogP) is -0.0295. The first-order chi connectivity index (χ1) is 12.0. The topological polar surface area (TPSA) is 102 Å². The van der Waals surface area contributed by atoms with Gasteiger partial charge in [0.05, 0.1) is 12.7 Å². The molecule has 0 unspecified atom stereocenters. The number of nitrogens with one attached hydrogen (secondary N) is 1. The maximum Gasteiger partial charge on any atom is 0.267 e. The Morgan fingerprint density at radius 3 is 2.76 bits per heavy atom. The van der Waals surface area contributed by atoms with Gasteiger partial charge in [-0.25, -0.2) is 0 Å². The van der Waals surface area contributed by atoms with Crippen LogP contribution in [0.4, 0.5) is 5.95 Å². The molecule has 2 aliphatic rings. The van der Waals surface area contributed by atoms with Gasteiger partial charge in [0.25, 0.3) is 5.56 Å². The predicted molar refractivity (Wildman–Crippen MR) is 94.3 cm³/mol. The van der Waals surface area contributed by atoms with Crippen molar-refractivity contribution in [3.05, 3.63) is 16.0 Å². The molecule has 2 saturated heterocycles. The summed E-state index contributed by atoms with van der Waals surface area (Å²) in [6.07, 6.45) is 7.35. The van der Waals surface area contributed by atoms with E-state index in [1.165, 1.54) is 0 Å². The van der Waals surface area contributed by atoms with Crippen molar-refractivity contribution >= 4 is 17.0 Å². The standard InChI is InChI=1S/C17H22N6O2/c1-4-11-12-14(21-20-11)19-16(22(3)15(12)24)23-7-5-17(6-8-23)9-25-10(2)13(17)18/h1,10,13H,5-9,18H2,2-3H3,(H,20,21)/t10-,13+/m0/s1. The van der Waals surface area contributed by atoms with Crippen LogP contribution in [-0.4, -0.2) is 51.6 Å². The van der Waals surface area contributed by atoms with Gasteiger partial charge < -0.3 is 15.4 Å². The van der Waals surface area contributed by atoms with Crippen LogP contribution in [0.1, 0.15) is 25.5 Å². The van der Waals surface area contributed by atoms with Gasteiger partial charge in [-0.3, -0.25) is 14.5 Å². The first-order valence-electron chi connectivity index (χ1n) is 8.51. The first kappa shape index (κ1) is 16.1. The highest BCUT2D eigenvalue weighted by Gasteiger charge is 2.47. The summed E-state index contributed by atoms with van der Waals surface area (Å²) in [5, 5.41) is 7.14. The summed E-state index contributed by atoms with van der Waals surface area (Å²) in [6.45, 7) is 4.30. The number of rotatable bonds is 1. The second-order valence-electron chi connectivity index (χ2n) is 7.11. The van der Waals surface area contributed by atoms with Crippen molar-refractivity contribution in [2.45, 2.75) is 31.9 Å². The van der Waals surface area contributed by atoms with E-state index in [0.29, 0.717) is 29.3 Å². The van der Waals surface area contributed by atoms with Crippen LogP contribution in [0.2, 0.25) is 0 Å². The number of nitrogens with two attached hydrogens (primary N) is 1. The van der Waals surface area contributed by atoms with E-state index in [4.69, 9.17) is 16.9 Å². The van der Waals surface area contributed by atoms with Gasteiger partial charge in [-0.2, -0.15) is 10.1 Å². The summed E-state index contributed by atoms with van der Waals surface area (Å²) in [6, 6.07) is 0.0541. The minimum atomic E-state index is -0.184. The molecule has 4 heterocycles. The highest BCUT2D eigenvalue weighted by molar-refractivity contribution is 5.80. The van der Waals surface area contributed by atoms with Crippen molar-refractivity contribution in [3.8, 4) is 12.3 Å². The molecule has 8 nitrogen and oxygen atoms in total. The SMILES string of the molecule is C#Cc1[nH]nc2nc(N3CCC4(CC3)CO[C@@H](C)[C@H]4N)n(C)c(=O)c12. The minimum absolute atomic E-state index is 0.0296. The number of anilines is 1. The second kappa shape index (κ2) is 5.58. The molecule has 1 spiro atoms. The number of hydrogen-bond acceptors (Lipinski definition) is 6. The largest absolute Gasteiger partial charge is 0.376 e. The molecule has 0 aromatic carbocycles. The number of nitrogens with zero attached hydrogens (tertiary/aromatic N) is 4. The lowest BCUT2D eigenvalue weighted by atomic mass is 9.73. The minimum Gasteiger partial charge on any atom is -0.376 e. The molecule has 4 rings (SSSR count). The molecule has 3 N–H and O–H groups in total. The molecule has 0 amide bonds. The van der Waals surface area contributed by atoms with Crippen molar-refractivity contribution in [1.29, 1.82) is 0 Å². The van der Waals surface area contributed by atoms with Crippen LogP contribution in [0.3, 0.4) is 0 Å². The molecule has 25 heavy (non-hydrogen) atoms. The maximum absolute atomic E-state index is 12.7. The number of H-pyrrole nitrogens is 1. The lowest BCUT2D eigenvalue weighted by molar-refractivity contribution is 0.0973. The molecule has 2 atom stereocenters. The fourth-order valence-corrected chi connectivity index (χ4v) is 4.06. The molecule has 2 aromatic heterocycles. The van der Waals surface area contributed by atoms with E-state index < -0.39 is 0 Å². The monoisotopic (exact) mass is 342 g/mol. The smallest absolute Gasteiger partial charge is 0.267 e. The number of aromatic nitrogens is 4. The molecule has 0 aliphatic carbocycles. The summed E-state index contributed by atoms with van der Waals surface area (Å²) in [4.78, 5) is 19.4. The van der Waals surface area contributed by atoms with E-state index in [1.54, 1.807) is 11.6 Å². The van der Waals surface area contributed by atoms with Crippen molar-refractivity contribution in [2.75, 3.05) is 24.6 Å². The van der Waals surface area contributed by atoms with Crippen LogP contribution in [0, 0.1) is 17.8 Å². The Morgan fingerprint density at radius 1 is 1.44 bits per heavy atom. The number of terminal acetylenes is 1. The van der Waals surface area contributed by atoms with Crippen molar-refractivity contribution in [3.63, 3.8) is 0 Å². The Hall–Kier alpha value is -2.37. The summed E-state index contributed by atoms with van der Waals surface area (Å²) in [5.41, 5.74) is 6.95. The van der Waals surface area contributed by atoms with E-state index in [-0.39, 0.29) is 23.1 Å². The molecule has 8 heteroatoms. The molecule has 2 aromatic rings. The fourth-order valence-electron chi connectivity index (χ4n) is 4.06. The Labute approximate surface area is 145 Å². The summed E-state index contributed by atoms with van der Waals surface area (Å²) >= 11 is 0. The number of ether oxygens (including phenoxy) is 1. The zero-order valence-corrected chi connectivity index (χ0v) is 14.5. The van der Waals surface area contributed by atoms with Crippen molar-refractivity contribution < 1.29 is 4.74 Å². The third-order valence-electron chi connectivity index (χ3n) is 5.80. The van der Waals surface area contributed by atoms with Crippen LogP contribution in [0.15, 0.2) is 4.79 Å². The number of fused-ring (bicyclic) bond motifs is 1. The molecule has 132 valence electrons. The lowest BCUT2D eigenvalue weighted by Gasteiger charge is -2.41. The van der Waals surface area contributed by atoms with Gasteiger partial charge in [0.15, 0.2) is 5.65 Å². The quantitative estimate of drug-likeness (QED) is 0.706. The van der Waals surface area contributed by atoms with Crippen LogP contribution in [0.5, 0.6) is 0 Å². The zero-order chi connectivity index (χ0) is 17.8. The third-order valence-corrected chi connectivity index (χ3v) is 5.80. The summed E-state index contributed by atoms with van der Waals surface area (Å²) in [5.74, 6) is 3.06. The van der Waals surface area contributed by atoms with Crippen LogP contribution < -0.4 is 16.2 Å². The molecule has 0 radical (unpaired) electrons. The number of aromatic amines is 1. The maximum atomic E-state index is 12.7. The average molecular weight is 342 g/mol. The van der Waals surface area contributed by atoms with E-state index >= 15 is 0 Å². The Morgan fingerprint density at radius 2 is 2.16 bits per heavy atom. The third kappa shape index (κ3) is 2.27. The van der Waals surface area contributed by atoms with E-state index in [0.717, 1.165) is 25.9 Å². The van der Waals surface area contributed by atoms with Gasteiger partial charge >= 0.3 is 0 Å². The Balaban J connectivity index is 1.65. The van der Waals surface area contributed by atoms with Gasteiger partial charge in [0.1, 0.15) is 11.1 Å². The van der Waals surface area contributed by atoms with Gasteiger partial charge in [0.2, 0.25) is 5.95 Å². The average Bonchev–Trinajstić information content (AvgIpc) is 3.16. The van der Waals surface area contributed by atoms with Crippen molar-refractivity contribution in [1.82, 2.24) is 19.7 Å². The van der Waals surface area contributed by atoms with Gasteiger partial charge in [0, 0.05) is 31.6 Å². The molecule has 2 aliphatic heterocycles. The normalized spacial score (nSPS) is 25.6. The second-order valence-corrected chi connectivity index (χ2v) is 7.11. The molecular weight excluding hydrogens is 320 g/mol. The number of hydrogen-bond donors (Lipinski definition) is 2. The summed E-state index contributed by atoms with van der Waals surface area (Å²) < 4.78 is 7.31. The molecule has 0 bridgehead atoms. The van der Waals surface area contributed by atoms with Crippen LogP contribution in [0.25, 0.3) is 11.0 Å². The lowest BCUT2D eigenvalue weighted by Crippen LogP contribution is -2.51. The molecule has 0 saturated carbocycles. The van der Waals surface area contributed by atoms with E-state index in [9.17, 15) is 4.79 Å². The van der Waals surface area contributed by atoms with Gasteiger partial charge in [-0.05, 0) is 25.7 Å². The Bertz CT molecular complexity index is 916. The van der Waals surface area contributed by atoms with Crippen molar-refractivity contribution in [2.24, 2.45) is 18.2 Å². The summed E-state index contributed by atoms with van der Waals surface area (Å²) in [7, 11) is 1.72. The van der Waals surface area contributed by atoms with E-state index in [2.05, 4.69) is 26.0 Å². The van der Waals surface area contributed by atoms with Gasteiger partial charge in [-0.1, -0.05) is 0 Å². The van der Waals surface area contributed by atoms with E-state index in [1.807, 2.05) is 6.92 Å². The molecular formula is C17H22N6O2. The molecule has 2 fully saturated rings. The van der Waals surface area contributed by atoms with Crippen LogP contribution >= 0.6 is 0 Å².